The van der Waals surface area contributed by atoms with Crippen molar-refractivity contribution in [3.8, 4) is 0 Å². The van der Waals surface area contributed by atoms with Crippen molar-refractivity contribution in [1.29, 1.82) is 0 Å². The third-order valence-corrected chi connectivity index (χ3v) is 3.36. The van der Waals surface area contributed by atoms with Crippen LogP contribution in [0.5, 0.6) is 0 Å². The van der Waals surface area contributed by atoms with Crippen LogP contribution in [0.4, 0.5) is 0 Å². The van der Waals surface area contributed by atoms with Gasteiger partial charge in [0.1, 0.15) is 0 Å². The Labute approximate surface area is 97.6 Å². The molecule has 16 heavy (non-hydrogen) atoms. The lowest BCUT2D eigenvalue weighted by atomic mass is 9.95. The van der Waals surface area contributed by atoms with E-state index in [0.717, 1.165) is 12.1 Å². The van der Waals surface area contributed by atoms with Gasteiger partial charge < -0.3 is 5.73 Å². The lowest BCUT2D eigenvalue weighted by molar-refractivity contribution is 0.686. The van der Waals surface area contributed by atoms with E-state index >= 15 is 0 Å². The summed E-state index contributed by atoms with van der Waals surface area (Å²) in [4.78, 5) is 4.31. The van der Waals surface area contributed by atoms with Gasteiger partial charge in [0.05, 0.1) is 6.04 Å². The predicted molar refractivity (Wildman–Crippen MR) is 67.1 cm³/mol. The smallest absolute Gasteiger partial charge is 0.0528 e. The number of aryl methyl sites for hydroxylation is 1. The van der Waals surface area contributed by atoms with Gasteiger partial charge in [-0.1, -0.05) is 24.1 Å². The third-order valence-electron chi connectivity index (χ3n) is 3.36. The minimum absolute atomic E-state index is 0.0480. The Kier molecular flexibility index (Phi) is 3.73. The highest BCUT2D eigenvalue weighted by Gasteiger charge is 2.15. The molecule has 1 atom stereocenters. The van der Waals surface area contributed by atoms with E-state index in [1.54, 1.807) is 0 Å². The summed E-state index contributed by atoms with van der Waals surface area (Å²) in [5.74, 6) is 0. The van der Waals surface area contributed by atoms with Crippen molar-refractivity contribution in [3.05, 3.63) is 41.2 Å². The summed E-state index contributed by atoms with van der Waals surface area (Å²) in [5, 5.41) is 0. The largest absolute Gasteiger partial charge is 0.320 e. The molecule has 0 saturated carbocycles. The van der Waals surface area contributed by atoms with Gasteiger partial charge in [0.2, 0.25) is 0 Å². The van der Waals surface area contributed by atoms with Crippen molar-refractivity contribution in [2.75, 3.05) is 0 Å². The van der Waals surface area contributed by atoms with Crippen LogP contribution in [0.25, 0.3) is 0 Å². The zero-order valence-corrected chi connectivity index (χ0v) is 9.95. The van der Waals surface area contributed by atoms with Crippen molar-refractivity contribution in [3.63, 3.8) is 0 Å². The van der Waals surface area contributed by atoms with Gasteiger partial charge in [0, 0.05) is 11.9 Å². The highest BCUT2D eigenvalue weighted by Crippen LogP contribution is 2.28. The van der Waals surface area contributed by atoms with Crippen LogP contribution in [0.15, 0.2) is 30.0 Å². The molecule has 0 spiro atoms. The van der Waals surface area contributed by atoms with Gasteiger partial charge in [-0.3, -0.25) is 4.98 Å². The fraction of sp³-hybridized carbons (Fsp3) is 0.500. The van der Waals surface area contributed by atoms with E-state index in [1.807, 2.05) is 19.2 Å². The Morgan fingerprint density at radius 2 is 2.19 bits per heavy atom. The molecule has 1 aliphatic rings. The minimum Gasteiger partial charge on any atom is -0.320 e. The first-order chi connectivity index (χ1) is 7.79. The molecule has 0 fully saturated rings. The van der Waals surface area contributed by atoms with Crippen LogP contribution in [0.2, 0.25) is 0 Å². The molecule has 1 aromatic heterocycles. The molecule has 0 bridgehead atoms. The molecule has 1 heterocycles. The maximum absolute atomic E-state index is 6.33. The summed E-state index contributed by atoms with van der Waals surface area (Å²) in [7, 11) is 0. The van der Waals surface area contributed by atoms with Crippen LogP contribution < -0.4 is 5.73 Å². The van der Waals surface area contributed by atoms with Gasteiger partial charge in [-0.05, 0) is 44.2 Å². The van der Waals surface area contributed by atoms with Crippen molar-refractivity contribution in [2.24, 2.45) is 5.73 Å². The second-order valence-electron chi connectivity index (χ2n) is 4.53. The summed E-state index contributed by atoms with van der Waals surface area (Å²) < 4.78 is 0. The van der Waals surface area contributed by atoms with Gasteiger partial charge in [-0.2, -0.15) is 0 Å². The first-order valence-electron chi connectivity index (χ1n) is 6.15. The number of pyridine rings is 1. The fourth-order valence-electron chi connectivity index (χ4n) is 2.35. The summed E-state index contributed by atoms with van der Waals surface area (Å²) in [6.45, 7) is 2.03. The Balaban J connectivity index is 2.21. The SMILES string of the molecule is Cc1ncccc1C(N)C1=CCCCCC1. The van der Waals surface area contributed by atoms with Crippen LogP contribution in [0.1, 0.15) is 49.4 Å². The Bertz CT molecular complexity index is 382. The highest BCUT2D eigenvalue weighted by molar-refractivity contribution is 5.30. The van der Waals surface area contributed by atoms with Crippen LogP contribution in [-0.2, 0) is 0 Å². The molecular formula is C14H20N2. The van der Waals surface area contributed by atoms with E-state index in [1.165, 1.54) is 36.8 Å². The summed E-state index contributed by atoms with van der Waals surface area (Å²) >= 11 is 0. The normalized spacial score (nSPS) is 18.8. The van der Waals surface area contributed by atoms with Gasteiger partial charge in [0.25, 0.3) is 0 Å². The van der Waals surface area contributed by atoms with E-state index in [2.05, 4.69) is 17.1 Å². The lowest BCUT2D eigenvalue weighted by Gasteiger charge is -2.17. The van der Waals surface area contributed by atoms with Crippen LogP contribution in [0, 0.1) is 6.92 Å². The van der Waals surface area contributed by atoms with Crippen molar-refractivity contribution in [1.82, 2.24) is 4.98 Å². The van der Waals surface area contributed by atoms with Gasteiger partial charge in [-0.25, -0.2) is 0 Å². The average Bonchev–Trinajstić information content (AvgIpc) is 2.57. The Hall–Kier alpha value is -1.15. The molecule has 0 saturated heterocycles. The number of nitrogens with zero attached hydrogens (tertiary/aromatic N) is 1. The Morgan fingerprint density at radius 1 is 1.31 bits per heavy atom. The molecule has 86 valence electrons. The number of hydrogen-bond donors (Lipinski definition) is 1. The van der Waals surface area contributed by atoms with Crippen LogP contribution >= 0.6 is 0 Å². The fourth-order valence-corrected chi connectivity index (χ4v) is 2.35. The molecule has 2 heteroatoms. The molecule has 2 N–H and O–H groups in total. The molecule has 0 amide bonds. The van der Waals surface area contributed by atoms with E-state index in [0.29, 0.717) is 0 Å². The predicted octanol–water partition coefficient (Wildman–Crippen LogP) is 3.28. The summed E-state index contributed by atoms with van der Waals surface area (Å²) in [5.41, 5.74) is 9.96. The molecule has 1 aromatic rings. The minimum atomic E-state index is 0.0480. The van der Waals surface area contributed by atoms with E-state index in [-0.39, 0.29) is 6.04 Å². The second-order valence-corrected chi connectivity index (χ2v) is 4.53. The van der Waals surface area contributed by atoms with Crippen molar-refractivity contribution < 1.29 is 0 Å². The number of allylic oxidation sites excluding steroid dienone is 1. The molecule has 1 aliphatic carbocycles. The summed E-state index contributed by atoms with van der Waals surface area (Å²) in [6.07, 6.45) is 10.4. The molecule has 0 aromatic carbocycles. The standard InChI is InChI=1S/C14H20N2/c1-11-13(9-6-10-16-11)14(15)12-7-4-2-3-5-8-12/h6-7,9-10,14H,2-5,8,15H2,1H3. The van der Waals surface area contributed by atoms with Gasteiger partial charge in [0.15, 0.2) is 0 Å². The number of rotatable bonds is 2. The van der Waals surface area contributed by atoms with E-state index in [9.17, 15) is 0 Å². The topological polar surface area (TPSA) is 38.9 Å². The molecule has 1 unspecified atom stereocenters. The summed E-state index contributed by atoms with van der Waals surface area (Å²) in [6, 6.07) is 4.12. The average molecular weight is 216 g/mol. The van der Waals surface area contributed by atoms with Crippen LogP contribution in [0.3, 0.4) is 0 Å². The number of hydrogen-bond acceptors (Lipinski definition) is 2. The molecule has 2 rings (SSSR count). The third kappa shape index (κ3) is 2.50. The molecule has 2 nitrogen and oxygen atoms in total. The number of aromatic nitrogens is 1. The lowest BCUT2D eigenvalue weighted by Crippen LogP contribution is -2.15. The van der Waals surface area contributed by atoms with Crippen molar-refractivity contribution >= 4 is 0 Å². The van der Waals surface area contributed by atoms with E-state index in [4.69, 9.17) is 5.73 Å². The van der Waals surface area contributed by atoms with Crippen molar-refractivity contribution in [2.45, 2.75) is 45.1 Å². The highest BCUT2D eigenvalue weighted by atomic mass is 14.7. The monoisotopic (exact) mass is 216 g/mol. The first-order valence-corrected chi connectivity index (χ1v) is 6.15. The van der Waals surface area contributed by atoms with E-state index < -0.39 is 0 Å². The molecular weight excluding hydrogens is 196 g/mol. The first kappa shape index (κ1) is 11.3. The zero-order valence-electron chi connectivity index (χ0n) is 9.95. The quantitative estimate of drug-likeness (QED) is 0.770. The number of nitrogens with two attached hydrogens (primary N) is 1. The Morgan fingerprint density at radius 3 is 3.00 bits per heavy atom. The second kappa shape index (κ2) is 5.26. The van der Waals surface area contributed by atoms with Gasteiger partial charge >= 0.3 is 0 Å². The maximum atomic E-state index is 6.33. The molecule has 0 radical (unpaired) electrons. The molecule has 0 aliphatic heterocycles. The maximum Gasteiger partial charge on any atom is 0.0528 e. The van der Waals surface area contributed by atoms with Gasteiger partial charge in [-0.15, -0.1) is 0 Å². The zero-order chi connectivity index (χ0) is 11.4. The van der Waals surface area contributed by atoms with Crippen LogP contribution in [-0.4, -0.2) is 4.98 Å².